The Hall–Kier alpha value is -1.32. The highest BCUT2D eigenvalue weighted by Crippen LogP contribution is 2.30. The number of ketones is 1. The van der Waals surface area contributed by atoms with Gasteiger partial charge in [-0.15, -0.1) is 0 Å². The maximum absolute atomic E-state index is 12.4. The molecule has 0 bridgehead atoms. The van der Waals surface area contributed by atoms with Gasteiger partial charge in [-0.05, 0) is 25.0 Å². The Bertz CT molecular complexity index is 426. The Kier molecular flexibility index (Phi) is 4.27. The summed E-state index contributed by atoms with van der Waals surface area (Å²) in [6.45, 7) is 0. The summed E-state index contributed by atoms with van der Waals surface area (Å²) >= 11 is 0. The first-order chi connectivity index (χ1) is 8.98. The molecule has 19 heavy (non-hydrogen) atoms. The molecule has 0 aromatic heterocycles. The summed E-state index contributed by atoms with van der Waals surface area (Å²) in [5, 5.41) is 0. The third-order valence-electron chi connectivity index (χ3n) is 3.72. The van der Waals surface area contributed by atoms with E-state index in [0.717, 1.165) is 50.7 Å². The topological polar surface area (TPSA) is 17.1 Å². The third kappa shape index (κ3) is 3.58. The first-order valence-corrected chi connectivity index (χ1v) is 6.70. The Labute approximate surface area is 110 Å². The molecule has 0 aliphatic heterocycles. The van der Waals surface area contributed by atoms with Gasteiger partial charge in [-0.25, -0.2) is 0 Å². The van der Waals surface area contributed by atoms with Crippen molar-refractivity contribution in [2.75, 3.05) is 0 Å². The molecule has 0 N–H and O–H groups in total. The van der Waals surface area contributed by atoms with E-state index in [9.17, 15) is 18.0 Å². The molecule has 0 saturated heterocycles. The Morgan fingerprint density at radius 2 is 1.47 bits per heavy atom. The summed E-state index contributed by atoms with van der Waals surface area (Å²) < 4.78 is 37.3. The number of hydrogen-bond donors (Lipinski definition) is 0. The zero-order valence-corrected chi connectivity index (χ0v) is 10.7. The molecule has 2 rings (SSSR count). The lowest BCUT2D eigenvalue weighted by Gasteiger charge is -2.13. The summed E-state index contributed by atoms with van der Waals surface area (Å²) in [5.41, 5.74) is -0.301. The molecule has 0 unspecified atom stereocenters. The number of benzene rings is 1. The summed E-state index contributed by atoms with van der Waals surface area (Å²) in [7, 11) is 0. The molecule has 0 spiro atoms. The summed E-state index contributed by atoms with van der Waals surface area (Å²) in [6, 6.07) is 4.58. The standard InChI is InChI=1S/C15H17F3O/c16-15(17,18)13-9-7-12(8-10-13)14(19)11-5-3-1-2-4-6-11/h7-11H,1-6H2. The molecule has 104 valence electrons. The fourth-order valence-corrected chi connectivity index (χ4v) is 2.60. The second kappa shape index (κ2) is 5.76. The molecule has 1 saturated carbocycles. The minimum atomic E-state index is -4.34. The van der Waals surface area contributed by atoms with E-state index in [1.54, 1.807) is 0 Å². The van der Waals surface area contributed by atoms with Crippen molar-refractivity contribution in [2.45, 2.75) is 44.7 Å². The van der Waals surface area contributed by atoms with Crippen molar-refractivity contribution in [3.05, 3.63) is 35.4 Å². The van der Waals surface area contributed by atoms with Crippen LogP contribution in [-0.4, -0.2) is 5.78 Å². The van der Waals surface area contributed by atoms with Gasteiger partial charge in [-0.1, -0.05) is 37.8 Å². The average molecular weight is 270 g/mol. The molecule has 1 aliphatic rings. The van der Waals surface area contributed by atoms with Gasteiger partial charge in [0.25, 0.3) is 0 Å². The minimum Gasteiger partial charge on any atom is -0.294 e. The predicted molar refractivity (Wildman–Crippen MR) is 67.0 cm³/mol. The van der Waals surface area contributed by atoms with Gasteiger partial charge >= 0.3 is 6.18 Å². The van der Waals surface area contributed by atoms with Crippen LogP contribution in [0.1, 0.15) is 54.4 Å². The second-order valence-electron chi connectivity index (χ2n) is 5.13. The quantitative estimate of drug-likeness (QED) is 0.554. The van der Waals surface area contributed by atoms with Crippen LogP contribution in [0.2, 0.25) is 0 Å². The molecule has 1 fully saturated rings. The van der Waals surface area contributed by atoms with Crippen LogP contribution in [0.25, 0.3) is 0 Å². The zero-order valence-electron chi connectivity index (χ0n) is 10.7. The molecule has 0 radical (unpaired) electrons. The molecule has 1 aliphatic carbocycles. The van der Waals surface area contributed by atoms with Gasteiger partial charge in [0, 0.05) is 11.5 Å². The van der Waals surface area contributed by atoms with Crippen molar-refractivity contribution in [3.8, 4) is 0 Å². The molecular weight excluding hydrogens is 253 g/mol. The number of carbonyl (C=O) groups is 1. The molecule has 4 heteroatoms. The molecular formula is C15H17F3O. The highest BCUT2D eigenvalue weighted by molar-refractivity contribution is 5.97. The molecule has 0 heterocycles. The Morgan fingerprint density at radius 1 is 0.947 bits per heavy atom. The monoisotopic (exact) mass is 270 g/mol. The minimum absolute atomic E-state index is 0.00405. The molecule has 1 aromatic carbocycles. The van der Waals surface area contributed by atoms with Crippen molar-refractivity contribution in [3.63, 3.8) is 0 Å². The molecule has 0 atom stereocenters. The van der Waals surface area contributed by atoms with Crippen LogP contribution in [-0.2, 0) is 6.18 Å². The first kappa shape index (κ1) is 14.1. The van der Waals surface area contributed by atoms with E-state index in [0.29, 0.717) is 5.56 Å². The normalized spacial score (nSPS) is 18.1. The maximum atomic E-state index is 12.4. The molecule has 0 amide bonds. The summed E-state index contributed by atoms with van der Waals surface area (Å²) in [5.74, 6) is -0.0186. The number of halogens is 3. The van der Waals surface area contributed by atoms with Gasteiger partial charge in [0.1, 0.15) is 0 Å². The fraction of sp³-hybridized carbons (Fsp3) is 0.533. The Morgan fingerprint density at radius 3 is 1.95 bits per heavy atom. The van der Waals surface area contributed by atoms with Crippen molar-refractivity contribution < 1.29 is 18.0 Å². The SMILES string of the molecule is O=C(c1ccc(C(F)(F)F)cc1)C1CCCCCC1. The predicted octanol–water partition coefficient (Wildman–Crippen LogP) is 4.86. The van der Waals surface area contributed by atoms with E-state index >= 15 is 0 Å². The van der Waals surface area contributed by atoms with E-state index in [2.05, 4.69) is 0 Å². The third-order valence-corrected chi connectivity index (χ3v) is 3.72. The zero-order chi connectivity index (χ0) is 13.9. The van der Waals surface area contributed by atoms with Crippen LogP contribution in [0.3, 0.4) is 0 Å². The fourth-order valence-electron chi connectivity index (χ4n) is 2.60. The number of alkyl halides is 3. The highest BCUT2D eigenvalue weighted by Gasteiger charge is 2.30. The first-order valence-electron chi connectivity index (χ1n) is 6.70. The van der Waals surface area contributed by atoms with E-state index < -0.39 is 11.7 Å². The van der Waals surface area contributed by atoms with Crippen LogP contribution < -0.4 is 0 Å². The lowest BCUT2D eigenvalue weighted by molar-refractivity contribution is -0.137. The van der Waals surface area contributed by atoms with E-state index in [1.165, 1.54) is 12.1 Å². The lowest BCUT2D eigenvalue weighted by atomic mass is 9.91. The lowest BCUT2D eigenvalue weighted by Crippen LogP contribution is -2.14. The number of hydrogen-bond acceptors (Lipinski definition) is 1. The van der Waals surface area contributed by atoms with Crippen LogP contribution >= 0.6 is 0 Å². The van der Waals surface area contributed by atoms with E-state index in [4.69, 9.17) is 0 Å². The van der Waals surface area contributed by atoms with Gasteiger partial charge in [0.15, 0.2) is 5.78 Å². The van der Waals surface area contributed by atoms with Crippen LogP contribution in [0.5, 0.6) is 0 Å². The second-order valence-corrected chi connectivity index (χ2v) is 5.13. The maximum Gasteiger partial charge on any atom is 0.416 e. The number of carbonyl (C=O) groups excluding carboxylic acids is 1. The number of rotatable bonds is 2. The smallest absolute Gasteiger partial charge is 0.294 e. The van der Waals surface area contributed by atoms with Crippen LogP contribution in [0.4, 0.5) is 13.2 Å². The van der Waals surface area contributed by atoms with Crippen molar-refractivity contribution in [1.29, 1.82) is 0 Å². The van der Waals surface area contributed by atoms with Gasteiger partial charge in [-0.2, -0.15) is 13.2 Å². The van der Waals surface area contributed by atoms with Crippen molar-refractivity contribution >= 4 is 5.78 Å². The highest BCUT2D eigenvalue weighted by atomic mass is 19.4. The van der Waals surface area contributed by atoms with Gasteiger partial charge in [0.05, 0.1) is 5.56 Å². The van der Waals surface area contributed by atoms with Crippen molar-refractivity contribution in [1.82, 2.24) is 0 Å². The summed E-state index contributed by atoms with van der Waals surface area (Å²) in [4.78, 5) is 12.2. The number of Topliss-reactive ketones (excluding diaryl/α,β-unsaturated/α-hetero) is 1. The Balaban J connectivity index is 2.10. The van der Waals surface area contributed by atoms with Crippen molar-refractivity contribution in [2.24, 2.45) is 5.92 Å². The average Bonchev–Trinajstić information content (AvgIpc) is 2.66. The summed E-state index contributed by atoms with van der Waals surface area (Å²) in [6.07, 6.45) is 1.76. The largest absolute Gasteiger partial charge is 0.416 e. The van der Waals surface area contributed by atoms with E-state index in [-0.39, 0.29) is 11.7 Å². The van der Waals surface area contributed by atoms with Gasteiger partial charge in [0.2, 0.25) is 0 Å². The molecule has 1 aromatic rings. The van der Waals surface area contributed by atoms with Crippen LogP contribution in [0.15, 0.2) is 24.3 Å². The van der Waals surface area contributed by atoms with Gasteiger partial charge in [-0.3, -0.25) is 4.79 Å². The van der Waals surface area contributed by atoms with Gasteiger partial charge < -0.3 is 0 Å². The van der Waals surface area contributed by atoms with E-state index in [1.807, 2.05) is 0 Å². The molecule has 1 nitrogen and oxygen atoms in total. The van der Waals surface area contributed by atoms with Crippen LogP contribution in [0, 0.1) is 5.92 Å².